The van der Waals surface area contributed by atoms with E-state index in [1.807, 2.05) is 6.92 Å². The number of amides is 2. The Kier molecular flexibility index (Phi) is 6.87. The van der Waals surface area contributed by atoms with Gasteiger partial charge in [0.15, 0.2) is 5.69 Å². The largest absolute Gasteiger partial charge is 0.347 e. The summed E-state index contributed by atoms with van der Waals surface area (Å²) in [5.74, 6) is -0.455. The van der Waals surface area contributed by atoms with E-state index in [1.165, 1.54) is 9.58 Å². The lowest BCUT2D eigenvalue weighted by molar-refractivity contribution is -0.129. The molecule has 0 saturated carbocycles. The Bertz CT molecular complexity index is 984. The lowest BCUT2D eigenvalue weighted by atomic mass is 10.1. The van der Waals surface area contributed by atoms with Gasteiger partial charge in [-0.2, -0.15) is 5.10 Å². The lowest BCUT2D eigenvalue weighted by Gasteiger charge is -2.30. The first-order valence-electron chi connectivity index (χ1n) is 10.6. The van der Waals surface area contributed by atoms with Gasteiger partial charge in [0.25, 0.3) is 11.5 Å². The van der Waals surface area contributed by atoms with Crippen molar-refractivity contribution < 1.29 is 9.59 Å². The van der Waals surface area contributed by atoms with Crippen LogP contribution in [-0.4, -0.2) is 82.6 Å². The van der Waals surface area contributed by atoms with Gasteiger partial charge >= 0.3 is 0 Å². The smallest absolute Gasteiger partial charge is 0.275 e. The van der Waals surface area contributed by atoms with Gasteiger partial charge in [-0.05, 0) is 38.9 Å². The second-order valence-electron chi connectivity index (χ2n) is 7.91. The van der Waals surface area contributed by atoms with Gasteiger partial charge in [0.2, 0.25) is 5.91 Å². The Balaban J connectivity index is 2.03. The third-order valence-corrected chi connectivity index (χ3v) is 5.82. The van der Waals surface area contributed by atoms with Gasteiger partial charge in [-0.15, -0.1) is 0 Å². The minimum atomic E-state index is -0.313. The van der Waals surface area contributed by atoms with E-state index in [-0.39, 0.29) is 35.7 Å². The molecule has 1 aromatic carbocycles. The average molecular weight is 414 g/mol. The Morgan fingerprint density at radius 3 is 2.47 bits per heavy atom. The monoisotopic (exact) mass is 413 g/mol. The van der Waals surface area contributed by atoms with Crippen molar-refractivity contribution in [3.8, 4) is 0 Å². The van der Waals surface area contributed by atoms with Crippen LogP contribution in [0.5, 0.6) is 0 Å². The molecule has 0 N–H and O–H groups in total. The van der Waals surface area contributed by atoms with Crippen molar-refractivity contribution >= 4 is 22.6 Å². The van der Waals surface area contributed by atoms with Crippen LogP contribution in [0.15, 0.2) is 29.1 Å². The molecule has 2 heterocycles. The predicted molar refractivity (Wildman–Crippen MR) is 117 cm³/mol. The van der Waals surface area contributed by atoms with E-state index in [0.29, 0.717) is 23.9 Å². The Labute approximate surface area is 177 Å². The summed E-state index contributed by atoms with van der Waals surface area (Å²) in [6.45, 7) is 6.68. The summed E-state index contributed by atoms with van der Waals surface area (Å²) in [6.07, 6.45) is 2.08. The molecule has 1 saturated heterocycles. The number of carbonyl (C=O) groups is 2. The quantitative estimate of drug-likeness (QED) is 0.686. The summed E-state index contributed by atoms with van der Waals surface area (Å²) in [5, 5.41) is 5.37. The van der Waals surface area contributed by atoms with Gasteiger partial charge < -0.3 is 9.80 Å². The molecule has 1 aliphatic rings. The van der Waals surface area contributed by atoms with E-state index in [4.69, 9.17) is 0 Å². The van der Waals surface area contributed by atoms with Crippen LogP contribution in [0.1, 0.15) is 37.2 Å². The summed E-state index contributed by atoms with van der Waals surface area (Å²) < 4.78 is 1.31. The molecule has 1 aliphatic heterocycles. The fraction of sp³-hybridized carbons (Fsp3) is 0.545. The molecule has 3 rings (SSSR count). The molecule has 0 bridgehead atoms. The van der Waals surface area contributed by atoms with Crippen LogP contribution in [0.3, 0.4) is 0 Å². The number of nitrogens with zero attached hydrogens (tertiary/aromatic N) is 5. The highest BCUT2D eigenvalue weighted by Gasteiger charge is 2.30. The third-order valence-electron chi connectivity index (χ3n) is 5.82. The van der Waals surface area contributed by atoms with E-state index < -0.39 is 0 Å². The fourth-order valence-electron chi connectivity index (χ4n) is 4.05. The fourth-order valence-corrected chi connectivity index (χ4v) is 4.05. The van der Waals surface area contributed by atoms with Crippen molar-refractivity contribution in [3.05, 3.63) is 40.3 Å². The zero-order valence-electron chi connectivity index (χ0n) is 18.3. The molecule has 0 spiro atoms. The molecular formula is C22H31N5O3. The van der Waals surface area contributed by atoms with Crippen molar-refractivity contribution in [1.29, 1.82) is 0 Å². The van der Waals surface area contributed by atoms with Gasteiger partial charge in [0, 0.05) is 38.6 Å². The lowest BCUT2D eigenvalue weighted by Crippen LogP contribution is -2.47. The summed E-state index contributed by atoms with van der Waals surface area (Å²) in [7, 11) is 3.37. The maximum atomic E-state index is 13.6. The normalized spacial score (nSPS) is 16.7. The van der Waals surface area contributed by atoms with Crippen molar-refractivity contribution in [2.45, 2.75) is 39.3 Å². The highest BCUT2D eigenvalue weighted by molar-refractivity contribution is 6.05. The molecule has 0 radical (unpaired) electrons. The Hall–Kier alpha value is -2.74. The molecule has 8 heteroatoms. The van der Waals surface area contributed by atoms with Crippen LogP contribution in [0.25, 0.3) is 10.8 Å². The third kappa shape index (κ3) is 4.38. The van der Waals surface area contributed by atoms with E-state index in [1.54, 1.807) is 43.3 Å². The molecule has 8 nitrogen and oxygen atoms in total. The molecular weight excluding hydrogens is 382 g/mol. The van der Waals surface area contributed by atoms with E-state index in [2.05, 4.69) is 16.9 Å². The summed E-state index contributed by atoms with van der Waals surface area (Å²) >= 11 is 0. The molecule has 2 aromatic rings. The minimum absolute atomic E-state index is 0.0128. The molecule has 1 atom stereocenters. The SMILES string of the molecule is CCN1CCC[C@@H]1CN(CC(=O)N(C)C)C(=O)c1nn(CC)c(=O)c2ccccc12. The first-order valence-corrected chi connectivity index (χ1v) is 10.6. The van der Waals surface area contributed by atoms with Gasteiger partial charge in [0.05, 0.1) is 5.39 Å². The standard InChI is InChI=1S/C22H31N5O3/c1-5-25-13-9-10-16(25)14-26(15-19(28)24(3)4)22(30)20-17-11-7-8-12-18(17)21(29)27(6-2)23-20/h7-8,11-12,16H,5-6,9-10,13-15H2,1-4H3/t16-/m1/s1. The van der Waals surface area contributed by atoms with Crippen molar-refractivity contribution in [1.82, 2.24) is 24.5 Å². The predicted octanol–water partition coefficient (Wildman–Crippen LogP) is 1.43. The number of rotatable bonds is 7. The number of hydrogen-bond acceptors (Lipinski definition) is 5. The molecule has 1 fully saturated rings. The number of aryl methyl sites for hydroxylation is 1. The van der Waals surface area contributed by atoms with Crippen LogP contribution in [0, 0.1) is 0 Å². The number of benzene rings is 1. The molecule has 0 unspecified atom stereocenters. The second kappa shape index (κ2) is 9.38. The van der Waals surface area contributed by atoms with Gasteiger partial charge in [-0.25, -0.2) is 4.68 Å². The minimum Gasteiger partial charge on any atom is -0.347 e. The van der Waals surface area contributed by atoms with E-state index >= 15 is 0 Å². The highest BCUT2D eigenvalue weighted by Crippen LogP contribution is 2.20. The molecule has 162 valence electrons. The number of hydrogen-bond donors (Lipinski definition) is 0. The van der Waals surface area contributed by atoms with Crippen LogP contribution in [0.4, 0.5) is 0 Å². The van der Waals surface area contributed by atoms with Crippen molar-refractivity contribution in [2.75, 3.05) is 40.3 Å². The zero-order chi connectivity index (χ0) is 21.8. The van der Waals surface area contributed by atoms with E-state index in [0.717, 1.165) is 25.9 Å². The van der Waals surface area contributed by atoms with Crippen LogP contribution >= 0.6 is 0 Å². The van der Waals surface area contributed by atoms with Gasteiger partial charge in [0.1, 0.15) is 6.54 Å². The number of aromatic nitrogens is 2. The van der Waals surface area contributed by atoms with Gasteiger partial charge in [-0.3, -0.25) is 19.3 Å². The number of likely N-dealkylation sites (tertiary alicyclic amines) is 1. The molecule has 2 amide bonds. The summed E-state index contributed by atoms with van der Waals surface area (Å²) in [4.78, 5) is 44.2. The summed E-state index contributed by atoms with van der Waals surface area (Å²) in [5.41, 5.74) is 0.00757. The van der Waals surface area contributed by atoms with Crippen LogP contribution < -0.4 is 5.56 Å². The first kappa shape index (κ1) is 22.0. The van der Waals surface area contributed by atoms with Crippen molar-refractivity contribution in [3.63, 3.8) is 0 Å². The molecule has 30 heavy (non-hydrogen) atoms. The molecule has 1 aromatic heterocycles. The number of fused-ring (bicyclic) bond motifs is 1. The average Bonchev–Trinajstić information content (AvgIpc) is 3.20. The van der Waals surface area contributed by atoms with Gasteiger partial charge in [-0.1, -0.05) is 25.1 Å². The first-order chi connectivity index (χ1) is 14.4. The Morgan fingerprint density at radius 2 is 1.83 bits per heavy atom. The second-order valence-corrected chi connectivity index (χ2v) is 7.91. The number of likely N-dealkylation sites (N-methyl/N-ethyl adjacent to an activating group) is 2. The number of carbonyl (C=O) groups excluding carboxylic acids is 2. The maximum absolute atomic E-state index is 13.6. The van der Waals surface area contributed by atoms with Crippen molar-refractivity contribution in [2.24, 2.45) is 0 Å². The summed E-state index contributed by atoms with van der Waals surface area (Å²) in [6, 6.07) is 7.26. The van der Waals surface area contributed by atoms with Crippen LogP contribution in [0.2, 0.25) is 0 Å². The molecule has 0 aliphatic carbocycles. The zero-order valence-corrected chi connectivity index (χ0v) is 18.3. The topological polar surface area (TPSA) is 78.8 Å². The van der Waals surface area contributed by atoms with E-state index in [9.17, 15) is 14.4 Å². The maximum Gasteiger partial charge on any atom is 0.275 e. The van der Waals surface area contributed by atoms with Crippen LogP contribution in [-0.2, 0) is 11.3 Å². The highest BCUT2D eigenvalue weighted by atomic mass is 16.2. The Morgan fingerprint density at radius 1 is 1.13 bits per heavy atom.